The first-order valence-corrected chi connectivity index (χ1v) is 13.4. The molecule has 2 nitrogen and oxygen atoms in total. The number of rotatable bonds is 10. The average Bonchev–Trinajstić information content (AvgIpc) is 2.79. The van der Waals surface area contributed by atoms with Crippen LogP contribution in [0, 0.1) is 5.92 Å². The zero-order valence-electron chi connectivity index (χ0n) is 19.2. The molecule has 0 radical (unpaired) electrons. The van der Waals surface area contributed by atoms with Crippen LogP contribution in [0.3, 0.4) is 0 Å². The van der Waals surface area contributed by atoms with Gasteiger partial charge >= 0.3 is 0 Å². The van der Waals surface area contributed by atoms with Crippen molar-refractivity contribution in [3.05, 3.63) is 96.6 Å². The van der Waals surface area contributed by atoms with E-state index in [-0.39, 0.29) is 11.1 Å². The molecule has 0 fully saturated rings. The van der Waals surface area contributed by atoms with Crippen LogP contribution in [0.5, 0.6) is 0 Å². The molecular weight excluding hydrogens is 394 g/mol. The Hall–Kier alpha value is -2.20. The maximum absolute atomic E-state index is 12.3. The van der Waals surface area contributed by atoms with E-state index >= 15 is 0 Å². The summed E-state index contributed by atoms with van der Waals surface area (Å²) in [5.74, 6) is 0.516. The highest BCUT2D eigenvalue weighted by molar-refractivity contribution is 6.98. The number of hydrogen-bond acceptors (Lipinski definition) is 2. The zero-order chi connectivity index (χ0) is 22.3. The molecule has 0 aliphatic rings. The van der Waals surface area contributed by atoms with Crippen molar-refractivity contribution in [3.8, 4) is 0 Å². The fraction of sp³-hybridized carbons (Fsp3) is 0.357. The monoisotopic (exact) mass is 431 g/mol. The van der Waals surface area contributed by atoms with Crippen molar-refractivity contribution in [1.82, 2.24) is 0 Å². The largest absolute Gasteiger partial charge is 0.424 e. The van der Waals surface area contributed by atoms with Crippen LogP contribution in [0.4, 0.5) is 0 Å². The lowest BCUT2D eigenvalue weighted by Crippen LogP contribution is -2.65. The van der Waals surface area contributed by atoms with Crippen molar-refractivity contribution in [2.45, 2.75) is 57.5 Å². The second-order valence-electron chi connectivity index (χ2n) is 9.66. The lowest BCUT2D eigenvalue weighted by molar-refractivity contribution is 0.380. The van der Waals surface area contributed by atoms with Crippen molar-refractivity contribution >= 4 is 18.7 Å². The van der Waals surface area contributed by atoms with Crippen molar-refractivity contribution in [3.63, 3.8) is 0 Å². The Balaban J connectivity index is 1.71. The second-order valence-corrected chi connectivity index (χ2v) is 13.6. The molecule has 0 aliphatic carbocycles. The third-order valence-electron chi connectivity index (χ3n) is 6.67. The molecule has 2 atom stereocenters. The minimum absolute atomic E-state index is 0.167. The first kappa shape index (κ1) is 23.5. The van der Waals surface area contributed by atoms with Gasteiger partial charge in [-0.1, -0.05) is 118 Å². The summed E-state index contributed by atoms with van der Waals surface area (Å²) in [5, 5.41) is 1.97. The zero-order valence-corrected chi connectivity index (χ0v) is 20.2. The fourth-order valence-electron chi connectivity index (χ4n) is 4.73. The average molecular weight is 432 g/mol. The van der Waals surface area contributed by atoms with E-state index in [4.69, 9.17) is 5.73 Å². The van der Waals surface area contributed by atoms with Gasteiger partial charge in [0.1, 0.15) is 0 Å². The maximum atomic E-state index is 12.3. The fourth-order valence-corrected chi connectivity index (χ4v) is 8.48. The smallest absolute Gasteiger partial charge is 0.258 e. The minimum atomic E-state index is -2.93. The Morgan fingerprint density at radius 1 is 0.806 bits per heavy atom. The molecule has 0 bridgehead atoms. The SMILES string of the molecule is C[C@H](CCC(C)(C)[Si](O)(c1ccccc1)c1ccccc1)C[C@@H](N)Cc1ccccc1. The maximum Gasteiger partial charge on any atom is 0.258 e. The van der Waals surface area contributed by atoms with E-state index in [1.165, 1.54) is 5.56 Å². The van der Waals surface area contributed by atoms with E-state index in [2.05, 4.69) is 69.3 Å². The molecule has 0 saturated carbocycles. The Labute approximate surface area is 189 Å². The quantitative estimate of drug-likeness (QED) is 0.449. The Morgan fingerprint density at radius 3 is 1.74 bits per heavy atom. The van der Waals surface area contributed by atoms with Crippen molar-refractivity contribution in [2.75, 3.05) is 0 Å². The number of benzene rings is 3. The van der Waals surface area contributed by atoms with Crippen LogP contribution in [-0.4, -0.2) is 19.2 Å². The van der Waals surface area contributed by atoms with Gasteiger partial charge in [0.2, 0.25) is 0 Å². The molecule has 164 valence electrons. The highest BCUT2D eigenvalue weighted by Crippen LogP contribution is 2.41. The lowest BCUT2D eigenvalue weighted by atomic mass is 9.91. The van der Waals surface area contributed by atoms with Gasteiger partial charge in [0, 0.05) is 6.04 Å². The number of hydrogen-bond donors (Lipinski definition) is 2. The first-order chi connectivity index (χ1) is 14.8. The lowest BCUT2D eigenvalue weighted by Gasteiger charge is -2.42. The van der Waals surface area contributed by atoms with E-state index < -0.39 is 8.32 Å². The van der Waals surface area contributed by atoms with Gasteiger partial charge in [-0.15, -0.1) is 0 Å². The molecule has 3 heteroatoms. The molecule has 31 heavy (non-hydrogen) atoms. The number of nitrogens with two attached hydrogens (primary N) is 1. The molecule has 0 heterocycles. The summed E-state index contributed by atoms with van der Waals surface area (Å²) >= 11 is 0. The van der Waals surface area contributed by atoms with Gasteiger partial charge in [0.25, 0.3) is 8.32 Å². The minimum Gasteiger partial charge on any atom is -0.424 e. The standard InChI is InChI=1S/C28H37NOSi/c1-23(21-25(29)22-24-13-7-4-8-14-24)19-20-28(2,3)31(30,26-15-9-5-10-16-26)27-17-11-6-12-18-27/h4-18,23,25,30H,19-22,29H2,1-3H3/t23-,25-/m1/s1. The Morgan fingerprint density at radius 2 is 1.26 bits per heavy atom. The Kier molecular flexibility index (Phi) is 7.87. The van der Waals surface area contributed by atoms with Crippen LogP contribution in [0.1, 0.15) is 45.6 Å². The van der Waals surface area contributed by atoms with E-state index in [0.717, 1.165) is 36.1 Å². The van der Waals surface area contributed by atoms with E-state index in [0.29, 0.717) is 5.92 Å². The summed E-state index contributed by atoms with van der Waals surface area (Å²) in [7, 11) is -2.93. The third-order valence-corrected chi connectivity index (χ3v) is 11.2. The van der Waals surface area contributed by atoms with Crippen LogP contribution in [-0.2, 0) is 6.42 Å². The summed E-state index contributed by atoms with van der Waals surface area (Å²) in [6.45, 7) is 6.79. The van der Waals surface area contributed by atoms with E-state index in [1.54, 1.807) is 0 Å². The molecule has 0 unspecified atom stereocenters. The van der Waals surface area contributed by atoms with Gasteiger partial charge in [0.15, 0.2) is 0 Å². The molecule has 0 amide bonds. The van der Waals surface area contributed by atoms with Crippen molar-refractivity contribution in [1.29, 1.82) is 0 Å². The van der Waals surface area contributed by atoms with Crippen LogP contribution < -0.4 is 16.1 Å². The molecule has 3 N–H and O–H groups in total. The van der Waals surface area contributed by atoms with E-state index in [9.17, 15) is 4.80 Å². The molecule has 0 aromatic heterocycles. The molecule has 0 saturated heterocycles. The summed E-state index contributed by atoms with van der Waals surface area (Å²) in [6.07, 6.45) is 3.95. The van der Waals surface area contributed by atoms with E-state index in [1.807, 2.05) is 42.5 Å². The first-order valence-electron chi connectivity index (χ1n) is 11.5. The van der Waals surface area contributed by atoms with Crippen LogP contribution in [0.15, 0.2) is 91.0 Å². The molecule has 3 aromatic rings. The van der Waals surface area contributed by atoms with Crippen molar-refractivity contribution < 1.29 is 4.80 Å². The van der Waals surface area contributed by atoms with Gasteiger partial charge in [-0.2, -0.15) is 0 Å². The summed E-state index contributed by atoms with van der Waals surface area (Å²) < 4.78 is 0. The van der Waals surface area contributed by atoms with Crippen molar-refractivity contribution in [2.24, 2.45) is 11.7 Å². The van der Waals surface area contributed by atoms with Crippen LogP contribution >= 0.6 is 0 Å². The van der Waals surface area contributed by atoms with Gasteiger partial charge < -0.3 is 10.5 Å². The highest BCUT2D eigenvalue weighted by atomic mass is 28.4. The predicted octanol–water partition coefficient (Wildman–Crippen LogP) is 4.90. The van der Waals surface area contributed by atoms with Gasteiger partial charge in [-0.05, 0) is 46.2 Å². The third kappa shape index (κ3) is 5.73. The molecule has 0 aliphatic heterocycles. The van der Waals surface area contributed by atoms with Gasteiger partial charge in [-0.25, -0.2) is 0 Å². The topological polar surface area (TPSA) is 46.2 Å². The molecule has 3 rings (SSSR count). The normalized spacial score (nSPS) is 14.2. The van der Waals surface area contributed by atoms with Gasteiger partial charge in [-0.3, -0.25) is 0 Å². The molecule has 3 aromatic carbocycles. The highest BCUT2D eigenvalue weighted by Gasteiger charge is 2.49. The summed E-state index contributed by atoms with van der Waals surface area (Å²) in [6, 6.07) is 31.3. The summed E-state index contributed by atoms with van der Waals surface area (Å²) in [4.78, 5) is 12.3. The Bertz CT molecular complexity index is 872. The molecular formula is C28H37NOSi. The second kappa shape index (κ2) is 10.4. The summed E-state index contributed by atoms with van der Waals surface area (Å²) in [5.41, 5.74) is 7.78. The van der Waals surface area contributed by atoms with Gasteiger partial charge in [0.05, 0.1) is 0 Å². The molecule has 0 spiro atoms. The van der Waals surface area contributed by atoms with Crippen LogP contribution in [0.25, 0.3) is 0 Å². The predicted molar refractivity (Wildman–Crippen MR) is 135 cm³/mol. The van der Waals surface area contributed by atoms with Crippen LogP contribution in [0.2, 0.25) is 5.04 Å².